The van der Waals surface area contributed by atoms with Crippen LogP contribution in [0.4, 0.5) is 0 Å². The largest absolute Gasteiger partial charge is 0.320 e. The van der Waals surface area contributed by atoms with Gasteiger partial charge in [-0.15, -0.1) is 16.4 Å². The van der Waals surface area contributed by atoms with Gasteiger partial charge in [-0.2, -0.15) is 0 Å². The molecule has 0 fully saturated rings. The summed E-state index contributed by atoms with van der Waals surface area (Å²) >= 11 is 1.71. The molecule has 0 unspecified atom stereocenters. The molecule has 2 heterocycles. The van der Waals surface area contributed by atoms with Gasteiger partial charge in [0.15, 0.2) is 0 Å². The fourth-order valence-corrected chi connectivity index (χ4v) is 1.93. The molecule has 0 radical (unpaired) electrons. The lowest BCUT2D eigenvalue weighted by Crippen LogP contribution is -2.29. The molecule has 2 aromatic rings. The van der Waals surface area contributed by atoms with Crippen LogP contribution in [0.25, 0.3) is 0 Å². The second kappa shape index (κ2) is 3.75. The fraction of sp³-hybridized carbons (Fsp3) is 0.400. The van der Waals surface area contributed by atoms with E-state index in [2.05, 4.69) is 21.8 Å². The third-order valence-corrected chi connectivity index (χ3v) is 2.96. The molecule has 0 aliphatic carbocycles. The number of hydrogen-bond donors (Lipinski definition) is 1. The second-order valence-electron chi connectivity index (χ2n) is 4.10. The topological polar surface area (TPSA) is 56.7 Å². The van der Waals surface area contributed by atoms with Gasteiger partial charge in [-0.05, 0) is 25.3 Å². The molecule has 0 aliphatic rings. The van der Waals surface area contributed by atoms with E-state index < -0.39 is 5.54 Å². The van der Waals surface area contributed by atoms with Crippen molar-refractivity contribution < 1.29 is 0 Å². The molecular weight excluding hydrogens is 208 g/mol. The summed E-state index contributed by atoms with van der Waals surface area (Å²) in [4.78, 5) is 1.27. The summed E-state index contributed by atoms with van der Waals surface area (Å²) in [7, 11) is 0. The highest BCUT2D eigenvalue weighted by atomic mass is 32.1. The van der Waals surface area contributed by atoms with Crippen LogP contribution in [0.15, 0.2) is 23.7 Å². The Hall–Kier alpha value is -1.20. The standard InChI is InChI=1S/C10H14N4S/c1-10(2,11)9-7-14(13-12-9)6-8-4-3-5-15-8/h3-5,7H,6,11H2,1-2H3. The molecule has 2 N–H and O–H groups in total. The minimum absolute atomic E-state index is 0.423. The van der Waals surface area contributed by atoms with E-state index in [0.717, 1.165) is 12.2 Å². The first kappa shape index (κ1) is 10.3. The van der Waals surface area contributed by atoms with Crippen molar-refractivity contribution in [3.05, 3.63) is 34.3 Å². The number of thiophene rings is 1. The zero-order valence-electron chi connectivity index (χ0n) is 8.84. The Kier molecular flexibility index (Phi) is 2.58. The van der Waals surface area contributed by atoms with Crippen molar-refractivity contribution in [3.8, 4) is 0 Å². The van der Waals surface area contributed by atoms with Gasteiger partial charge in [0.05, 0.1) is 18.3 Å². The highest BCUT2D eigenvalue weighted by molar-refractivity contribution is 7.09. The predicted octanol–water partition coefficient (Wildman–Crippen LogP) is 1.58. The van der Waals surface area contributed by atoms with Crippen LogP contribution in [0.3, 0.4) is 0 Å². The van der Waals surface area contributed by atoms with Crippen LogP contribution in [-0.4, -0.2) is 15.0 Å². The number of rotatable bonds is 3. The van der Waals surface area contributed by atoms with Gasteiger partial charge in [0, 0.05) is 4.88 Å². The van der Waals surface area contributed by atoms with Gasteiger partial charge in [-0.3, -0.25) is 0 Å². The van der Waals surface area contributed by atoms with Gasteiger partial charge >= 0.3 is 0 Å². The minimum Gasteiger partial charge on any atom is -0.320 e. The lowest BCUT2D eigenvalue weighted by atomic mass is 10.0. The SMILES string of the molecule is CC(C)(N)c1cn(Cc2cccs2)nn1. The van der Waals surface area contributed by atoms with Crippen molar-refractivity contribution in [2.45, 2.75) is 25.9 Å². The van der Waals surface area contributed by atoms with E-state index in [-0.39, 0.29) is 0 Å². The molecule has 5 heteroatoms. The van der Waals surface area contributed by atoms with Gasteiger partial charge in [0.25, 0.3) is 0 Å². The number of nitrogens with two attached hydrogens (primary N) is 1. The molecule has 0 saturated carbocycles. The molecule has 0 amide bonds. The minimum atomic E-state index is -0.423. The first-order chi connectivity index (χ1) is 7.05. The Morgan fingerprint density at radius 3 is 2.87 bits per heavy atom. The van der Waals surface area contributed by atoms with Crippen molar-refractivity contribution in [3.63, 3.8) is 0 Å². The predicted molar refractivity (Wildman–Crippen MR) is 60.7 cm³/mol. The molecule has 2 aromatic heterocycles. The summed E-state index contributed by atoms with van der Waals surface area (Å²) in [6.45, 7) is 4.61. The van der Waals surface area contributed by atoms with Crippen molar-refractivity contribution in [2.24, 2.45) is 5.73 Å². The molecule has 0 spiro atoms. The van der Waals surface area contributed by atoms with Crippen LogP contribution in [0.1, 0.15) is 24.4 Å². The van der Waals surface area contributed by atoms with Crippen LogP contribution < -0.4 is 5.73 Å². The second-order valence-corrected chi connectivity index (χ2v) is 5.13. The summed E-state index contributed by atoms with van der Waals surface area (Å²) in [5.74, 6) is 0. The molecule has 2 rings (SSSR count). The van der Waals surface area contributed by atoms with Gasteiger partial charge < -0.3 is 5.73 Å². The van der Waals surface area contributed by atoms with Crippen LogP contribution in [0, 0.1) is 0 Å². The monoisotopic (exact) mass is 222 g/mol. The van der Waals surface area contributed by atoms with E-state index in [9.17, 15) is 0 Å². The van der Waals surface area contributed by atoms with E-state index in [1.54, 1.807) is 11.3 Å². The summed E-state index contributed by atoms with van der Waals surface area (Å²) < 4.78 is 1.82. The lowest BCUT2D eigenvalue weighted by Gasteiger charge is -2.13. The zero-order valence-corrected chi connectivity index (χ0v) is 9.66. The molecule has 4 nitrogen and oxygen atoms in total. The Balaban J connectivity index is 2.15. The maximum atomic E-state index is 5.93. The van der Waals surface area contributed by atoms with Crippen LogP contribution in [0.5, 0.6) is 0 Å². The van der Waals surface area contributed by atoms with Crippen molar-refractivity contribution in [1.82, 2.24) is 15.0 Å². The van der Waals surface area contributed by atoms with E-state index in [1.807, 2.05) is 30.8 Å². The van der Waals surface area contributed by atoms with E-state index >= 15 is 0 Å². The summed E-state index contributed by atoms with van der Waals surface area (Å²) in [5, 5.41) is 10.2. The smallest absolute Gasteiger partial charge is 0.102 e. The normalized spacial score (nSPS) is 11.9. The average molecular weight is 222 g/mol. The first-order valence-corrected chi connectivity index (χ1v) is 5.65. The van der Waals surface area contributed by atoms with Crippen molar-refractivity contribution in [2.75, 3.05) is 0 Å². The quantitative estimate of drug-likeness (QED) is 0.857. The first-order valence-electron chi connectivity index (χ1n) is 4.77. The summed E-state index contributed by atoms with van der Waals surface area (Å²) in [5.41, 5.74) is 6.33. The Morgan fingerprint density at radius 1 is 1.53 bits per heavy atom. The van der Waals surface area contributed by atoms with E-state index in [1.165, 1.54) is 4.88 Å². The highest BCUT2D eigenvalue weighted by Crippen LogP contribution is 2.14. The van der Waals surface area contributed by atoms with Crippen molar-refractivity contribution >= 4 is 11.3 Å². The maximum absolute atomic E-state index is 5.93. The summed E-state index contributed by atoms with van der Waals surface area (Å²) in [6, 6.07) is 4.12. The molecule has 0 bridgehead atoms. The van der Waals surface area contributed by atoms with Crippen LogP contribution in [-0.2, 0) is 12.1 Å². The van der Waals surface area contributed by atoms with Crippen molar-refractivity contribution in [1.29, 1.82) is 0 Å². The van der Waals surface area contributed by atoms with Crippen LogP contribution in [0.2, 0.25) is 0 Å². The van der Waals surface area contributed by atoms with E-state index in [0.29, 0.717) is 0 Å². The number of aromatic nitrogens is 3. The van der Waals surface area contributed by atoms with Crippen LogP contribution >= 0.6 is 11.3 Å². The summed E-state index contributed by atoms with van der Waals surface area (Å²) in [6.07, 6.45) is 1.90. The van der Waals surface area contributed by atoms with Gasteiger partial charge in [-0.1, -0.05) is 11.3 Å². The molecule has 0 atom stereocenters. The van der Waals surface area contributed by atoms with Gasteiger partial charge in [0.2, 0.25) is 0 Å². The third kappa shape index (κ3) is 2.43. The number of nitrogens with zero attached hydrogens (tertiary/aromatic N) is 3. The zero-order chi connectivity index (χ0) is 10.9. The Labute approximate surface area is 92.7 Å². The molecule has 15 heavy (non-hydrogen) atoms. The average Bonchev–Trinajstić information content (AvgIpc) is 2.73. The lowest BCUT2D eigenvalue weighted by molar-refractivity contribution is 0.533. The van der Waals surface area contributed by atoms with E-state index in [4.69, 9.17) is 5.73 Å². The third-order valence-electron chi connectivity index (χ3n) is 2.10. The molecular formula is C10H14N4S. The molecule has 80 valence electrons. The Bertz CT molecular complexity index is 424. The van der Waals surface area contributed by atoms with Gasteiger partial charge in [0.1, 0.15) is 5.69 Å². The fourth-order valence-electron chi connectivity index (χ4n) is 1.23. The Morgan fingerprint density at radius 2 is 2.33 bits per heavy atom. The molecule has 0 aliphatic heterocycles. The molecule has 0 aromatic carbocycles. The highest BCUT2D eigenvalue weighted by Gasteiger charge is 2.18. The number of hydrogen-bond acceptors (Lipinski definition) is 4. The van der Waals surface area contributed by atoms with Gasteiger partial charge in [-0.25, -0.2) is 4.68 Å². The maximum Gasteiger partial charge on any atom is 0.102 e. The molecule has 0 saturated heterocycles.